The number of nitrogens with zero attached hydrogens (tertiary/aromatic N) is 1. The second kappa shape index (κ2) is 7.24. The molecule has 0 aromatic heterocycles. The number of nitrogens with two attached hydrogens (primary N) is 1. The molecular weight excluding hydrogens is 379 g/mol. The lowest BCUT2D eigenvalue weighted by Crippen LogP contribution is -2.47. The average Bonchev–Trinajstić information content (AvgIpc) is 2.79. The van der Waals surface area contributed by atoms with Crippen molar-refractivity contribution in [2.45, 2.75) is 38.6 Å². The fourth-order valence-corrected chi connectivity index (χ4v) is 3.28. The number of likely N-dealkylation sites (tertiary alicyclic amines) is 1. The Morgan fingerprint density at radius 3 is 2.67 bits per heavy atom. The van der Waals surface area contributed by atoms with Gasteiger partial charge in [0.15, 0.2) is 0 Å². The highest BCUT2D eigenvalue weighted by Gasteiger charge is 2.36. The van der Waals surface area contributed by atoms with Crippen LogP contribution >= 0.6 is 22.6 Å². The SMILES string of the molecule is CCCC1CC(=O)N(C(Cc2ccc(I)cc2)C(N)=O)C1. The minimum atomic E-state index is -0.528. The summed E-state index contributed by atoms with van der Waals surface area (Å²) in [5.74, 6) is 0.00267. The van der Waals surface area contributed by atoms with Crippen LogP contribution in [0.25, 0.3) is 0 Å². The van der Waals surface area contributed by atoms with Crippen LogP contribution in [0.15, 0.2) is 24.3 Å². The van der Waals surface area contributed by atoms with Gasteiger partial charge in [-0.05, 0) is 52.6 Å². The molecule has 1 aromatic rings. The van der Waals surface area contributed by atoms with Crippen LogP contribution in [0.3, 0.4) is 0 Å². The maximum atomic E-state index is 12.2. The molecule has 2 amide bonds. The number of amides is 2. The minimum Gasteiger partial charge on any atom is -0.368 e. The molecule has 21 heavy (non-hydrogen) atoms. The van der Waals surface area contributed by atoms with Gasteiger partial charge in [0, 0.05) is 23.0 Å². The topological polar surface area (TPSA) is 63.4 Å². The first-order valence-electron chi connectivity index (χ1n) is 7.34. The fraction of sp³-hybridized carbons (Fsp3) is 0.500. The highest BCUT2D eigenvalue weighted by Crippen LogP contribution is 2.25. The summed E-state index contributed by atoms with van der Waals surface area (Å²) in [6, 6.07) is 7.45. The highest BCUT2D eigenvalue weighted by molar-refractivity contribution is 14.1. The Balaban J connectivity index is 2.10. The van der Waals surface area contributed by atoms with E-state index in [4.69, 9.17) is 5.73 Å². The molecule has 0 aliphatic carbocycles. The third-order valence-corrected chi connectivity index (χ3v) is 4.70. The van der Waals surface area contributed by atoms with Crippen LogP contribution in [0.5, 0.6) is 0 Å². The van der Waals surface area contributed by atoms with Crippen molar-refractivity contribution in [3.05, 3.63) is 33.4 Å². The number of halogens is 1. The number of primary amides is 1. The Morgan fingerprint density at radius 2 is 2.10 bits per heavy atom. The molecule has 0 spiro atoms. The molecule has 0 saturated carbocycles. The Hall–Kier alpha value is -1.11. The quantitative estimate of drug-likeness (QED) is 0.746. The number of rotatable bonds is 6. The molecule has 1 saturated heterocycles. The number of benzene rings is 1. The van der Waals surface area contributed by atoms with E-state index in [-0.39, 0.29) is 5.91 Å². The van der Waals surface area contributed by atoms with E-state index in [2.05, 4.69) is 29.5 Å². The molecule has 2 unspecified atom stereocenters. The molecular formula is C16H21IN2O2. The third kappa shape index (κ3) is 4.18. The van der Waals surface area contributed by atoms with Crippen molar-refractivity contribution in [3.63, 3.8) is 0 Å². The molecule has 0 bridgehead atoms. The van der Waals surface area contributed by atoms with Crippen LogP contribution < -0.4 is 5.73 Å². The van der Waals surface area contributed by atoms with E-state index in [1.165, 1.54) is 0 Å². The van der Waals surface area contributed by atoms with E-state index in [0.29, 0.717) is 25.3 Å². The first kappa shape index (κ1) is 16.3. The fourth-order valence-electron chi connectivity index (χ4n) is 2.92. The number of hydrogen-bond acceptors (Lipinski definition) is 2. The van der Waals surface area contributed by atoms with Gasteiger partial charge in [0.05, 0.1) is 0 Å². The van der Waals surface area contributed by atoms with Crippen LogP contribution in [0.1, 0.15) is 31.7 Å². The smallest absolute Gasteiger partial charge is 0.240 e. The van der Waals surface area contributed by atoms with Crippen molar-refractivity contribution in [1.82, 2.24) is 4.90 Å². The highest BCUT2D eigenvalue weighted by atomic mass is 127. The summed E-state index contributed by atoms with van der Waals surface area (Å²) in [6.07, 6.45) is 3.13. The lowest BCUT2D eigenvalue weighted by Gasteiger charge is -2.25. The zero-order chi connectivity index (χ0) is 15.4. The summed E-state index contributed by atoms with van der Waals surface area (Å²) >= 11 is 2.24. The van der Waals surface area contributed by atoms with Crippen molar-refractivity contribution < 1.29 is 9.59 Å². The van der Waals surface area contributed by atoms with Gasteiger partial charge in [0.25, 0.3) is 0 Å². The Bertz CT molecular complexity index is 516. The normalized spacial score (nSPS) is 19.8. The van der Waals surface area contributed by atoms with Gasteiger partial charge < -0.3 is 10.6 Å². The van der Waals surface area contributed by atoms with Gasteiger partial charge in [-0.15, -0.1) is 0 Å². The molecule has 2 atom stereocenters. The predicted octanol–water partition coefficient (Wildman–Crippen LogP) is 2.34. The first-order chi connectivity index (χ1) is 10.0. The van der Waals surface area contributed by atoms with E-state index >= 15 is 0 Å². The van der Waals surface area contributed by atoms with Crippen molar-refractivity contribution in [2.75, 3.05) is 6.54 Å². The maximum absolute atomic E-state index is 12.2. The lowest BCUT2D eigenvalue weighted by atomic mass is 10.0. The second-order valence-electron chi connectivity index (χ2n) is 5.65. The van der Waals surface area contributed by atoms with Gasteiger partial charge in [0.1, 0.15) is 6.04 Å². The van der Waals surface area contributed by atoms with Crippen molar-refractivity contribution in [3.8, 4) is 0 Å². The zero-order valence-corrected chi connectivity index (χ0v) is 14.4. The van der Waals surface area contributed by atoms with Crippen molar-refractivity contribution in [1.29, 1.82) is 0 Å². The number of carbonyl (C=O) groups is 2. The summed E-state index contributed by atoms with van der Waals surface area (Å²) < 4.78 is 1.15. The van der Waals surface area contributed by atoms with Gasteiger partial charge in [-0.2, -0.15) is 0 Å². The molecule has 1 fully saturated rings. The molecule has 4 nitrogen and oxygen atoms in total. The van der Waals surface area contributed by atoms with Crippen LogP contribution in [-0.4, -0.2) is 29.3 Å². The van der Waals surface area contributed by atoms with Gasteiger partial charge >= 0.3 is 0 Å². The molecule has 1 aliphatic heterocycles. The summed E-state index contributed by atoms with van der Waals surface area (Å²) in [4.78, 5) is 25.6. The van der Waals surface area contributed by atoms with Gasteiger partial charge in [0.2, 0.25) is 11.8 Å². The monoisotopic (exact) mass is 400 g/mol. The Kier molecular flexibility index (Phi) is 5.61. The average molecular weight is 400 g/mol. The summed E-state index contributed by atoms with van der Waals surface area (Å²) in [5, 5.41) is 0. The second-order valence-corrected chi connectivity index (χ2v) is 6.90. The van der Waals surface area contributed by atoms with E-state index in [0.717, 1.165) is 22.0 Å². The van der Waals surface area contributed by atoms with Gasteiger partial charge in [-0.3, -0.25) is 9.59 Å². The first-order valence-corrected chi connectivity index (χ1v) is 8.42. The number of carbonyl (C=O) groups excluding carboxylic acids is 2. The molecule has 5 heteroatoms. The Labute approximate surface area is 139 Å². The van der Waals surface area contributed by atoms with Crippen LogP contribution in [0.4, 0.5) is 0 Å². The van der Waals surface area contributed by atoms with Gasteiger partial charge in [-0.25, -0.2) is 0 Å². The van der Waals surface area contributed by atoms with Gasteiger partial charge in [-0.1, -0.05) is 25.5 Å². The zero-order valence-electron chi connectivity index (χ0n) is 12.2. The van der Waals surface area contributed by atoms with Crippen molar-refractivity contribution in [2.24, 2.45) is 11.7 Å². The lowest BCUT2D eigenvalue weighted by molar-refractivity contribution is -0.136. The molecule has 1 heterocycles. The third-order valence-electron chi connectivity index (χ3n) is 3.98. The summed E-state index contributed by atoms with van der Waals surface area (Å²) in [7, 11) is 0. The minimum absolute atomic E-state index is 0.0581. The molecule has 114 valence electrons. The molecule has 1 aromatic carbocycles. The van der Waals surface area contributed by atoms with E-state index in [1.807, 2.05) is 24.3 Å². The Morgan fingerprint density at radius 1 is 1.43 bits per heavy atom. The van der Waals surface area contributed by atoms with E-state index < -0.39 is 11.9 Å². The van der Waals surface area contributed by atoms with Crippen molar-refractivity contribution >= 4 is 34.4 Å². The van der Waals surface area contributed by atoms with Crippen LogP contribution in [0, 0.1) is 9.49 Å². The predicted molar refractivity (Wildman–Crippen MR) is 90.6 cm³/mol. The molecule has 0 radical (unpaired) electrons. The molecule has 1 aliphatic rings. The number of hydrogen-bond donors (Lipinski definition) is 1. The van der Waals surface area contributed by atoms with Crippen LogP contribution in [0.2, 0.25) is 0 Å². The molecule has 2 rings (SSSR count). The summed E-state index contributed by atoms with van der Waals surface area (Å²) in [5.41, 5.74) is 6.57. The maximum Gasteiger partial charge on any atom is 0.240 e. The van der Waals surface area contributed by atoms with E-state index in [9.17, 15) is 9.59 Å². The van der Waals surface area contributed by atoms with Crippen LogP contribution in [-0.2, 0) is 16.0 Å². The summed E-state index contributed by atoms with van der Waals surface area (Å²) in [6.45, 7) is 2.77. The standard InChI is InChI=1S/C16H21IN2O2/c1-2-3-12-9-15(20)19(10-12)14(16(18)21)8-11-4-6-13(17)7-5-11/h4-7,12,14H,2-3,8-10H2,1H3,(H2,18,21). The van der Waals surface area contributed by atoms with E-state index in [1.54, 1.807) is 4.90 Å². The largest absolute Gasteiger partial charge is 0.368 e. The molecule has 2 N–H and O–H groups in total.